The van der Waals surface area contributed by atoms with Crippen molar-refractivity contribution < 1.29 is 18.0 Å². The molecule has 11 heteroatoms. The van der Waals surface area contributed by atoms with E-state index >= 15 is 0 Å². The molecule has 30 heavy (non-hydrogen) atoms. The summed E-state index contributed by atoms with van der Waals surface area (Å²) in [4.78, 5) is 27.1. The van der Waals surface area contributed by atoms with Crippen LogP contribution in [0.4, 0.5) is 13.2 Å². The van der Waals surface area contributed by atoms with Gasteiger partial charge >= 0.3 is 6.18 Å². The molecule has 0 saturated carbocycles. The minimum atomic E-state index is -4.62. The topological polar surface area (TPSA) is 76.8 Å². The SMILES string of the molecule is CCCN(C(=O)c1cc(Cl)cc(C(F)(F)F)c1)C(C)c1ncnn1-c1ncccn1. The Labute approximate surface area is 175 Å². The fourth-order valence-corrected chi connectivity index (χ4v) is 3.22. The summed E-state index contributed by atoms with van der Waals surface area (Å²) in [5, 5.41) is 3.95. The first kappa shape index (κ1) is 21.7. The van der Waals surface area contributed by atoms with Gasteiger partial charge in [0.2, 0.25) is 0 Å². The molecule has 1 atom stereocenters. The van der Waals surface area contributed by atoms with Gasteiger partial charge in [-0.3, -0.25) is 4.79 Å². The zero-order valence-corrected chi connectivity index (χ0v) is 16.9. The minimum absolute atomic E-state index is 0.155. The summed E-state index contributed by atoms with van der Waals surface area (Å²) in [5.74, 6) is 0.0461. The highest BCUT2D eigenvalue weighted by atomic mass is 35.5. The van der Waals surface area contributed by atoms with Crippen molar-refractivity contribution in [3.8, 4) is 5.95 Å². The lowest BCUT2D eigenvalue weighted by Gasteiger charge is -2.28. The van der Waals surface area contributed by atoms with Gasteiger partial charge in [-0.15, -0.1) is 0 Å². The van der Waals surface area contributed by atoms with Crippen molar-refractivity contribution in [1.82, 2.24) is 29.6 Å². The summed E-state index contributed by atoms with van der Waals surface area (Å²) in [6, 6.07) is 3.84. The maximum atomic E-state index is 13.2. The number of carbonyl (C=O) groups excluding carboxylic acids is 1. The van der Waals surface area contributed by atoms with E-state index < -0.39 is 23.7 Å². The van der Waals surface area contributed by atoms with E-state index in [1.54, 1.807) is 13.0 Å². The molecule has 0 aliphatic carbocycles. The fourth-order valence-electron chi connectivity index (χ4n) is 2.98. The number of hydrogen-bond donors (Lipinski definition) is 0. The molecule has 0 fully saturated rings. The zero-order valence-electron chi connectivity index (χ0n) is 16.1. The monoisotopic (exact) mass is 438 g/mol. The number of rotatable bonds is 6. The van der Waals surface area contributed by atoms with Gasteiger partial charge in [-0.05, 0) is 37.6 Å². The summed E-state index contributed by atoms with van der Waals surface area (Å²) in [5.41, 5.74) is -1.14. The van der Waals surface area contributed by atoms with Crippen molar-refractivity contribution in [2.45, 2.75) is 32.5 Å². The number of alkyl halides is 3. The highest BCUT2D eigenvalue weighted by Gasteiger charge is 2.33. The molecule has 0 N–H and O–H groups in total. The lowest BCUT2D eigenvalue weighted by molar-refractivity contribution is -0.137. The lowest BCUT2D eigenvalue weighted by Crippen LogP contribution is -2.36. The molecule has 0 radical (unpaired) electrons. The maximum absolute atomic E-state index is 13.2. The van der Waals surface area contributed by atoms with Gasteiger partial charge in [0.15, 0.2) is 5.82 Å². The van der Waals surface area contributed by atoms with E-state index in [-0.39, 0.29) is 23.1 Å². The highest BCUT2D eigenvalue weighted by Crippen LogP contribution is 2.33. The predicted octanol–water partition coefficient (Wildman–Crippen LogP) is 4.34. The van der Waals surface area contributed by atoms with Gasteiger partial charge in [0.05, 0.1) is 11.6 Å². The summed E-state index contributed by atoms with van der Waals surface area (Å²) >= 11 is 5.85. The van der Waals surface area contributed by atoms with Crippen LogP contribution in [0.2, 0.25) is 5.02 Å². The Hall–Kier alpha value is -3.01. The molecule has 0 aliphatic heterocycles. The first-order chi connectivity index (χ1) is 14.2. The van der Waals surface area contributed by atoms with E-state index in [0.717, 1.165) is 12.1 Å². The van der Waals surface area contributed by atoms with Crippen LogP contribution >= 0.6 is 11.6 Å². The van der Waals surface area contributed by atoms with Gasteiger partial charge in [-0.2, -0.15) is 23.0 Å². The Morgan fingerprint density at radius 3 is 2.53 bits per heavy atom. The highest BCUT2D eigenvalue weighted by molar-refractivity contribution is 6.31. The molecule has 0 bridgehead atoms. The maximum Gasteiger partial charge on any atom is 0.416 e. The van der Waals surface area contributed by atoms with Crippen LogP contribution in [0.3, 0.4) is 0 Å². The molecule has 0 saturated heterocycles. The number of nitrogens with zero attached hydrogens (tertiary/aromatic N) is 6. The van der Waals surface area contributed by atoms with Crippen LogP contribution in [0.1, 0.15) is 48.1 Å². The second kappa shape index (κ2) is 8.78. The van der Waals surface area contributed by atoms with Crippen LogP contribution in [0.5, 0.6) is 0 Å². The number of carbonyl (C=O) groups is 1. The van der Waals surface area contributed by atoms with Gasteiger partial charge in [-0.25, -0.2) is 15.0 Å². The summed E-state index contributed by atoms with van der Waals surface area (Å²) in [6.07, 6.45) is 0.346. The number of hydrogen-bond acceptors (Lipinski definition) is 5. The lowest BCUT2D eigenvalue weighted by atomic mass is 10.1. The molecule has 2 heterocycles. The first-order valence-electron chi connectivity index (χ1n) is 9.08. The van der Waals surface area contributed by atoms with Crippen LogP contribution in [0, 0.1) is 0 Å². The van der Waals surface area contributed by atoms with E-state index in [4.69, 9.17) is 11.6 Å². The molecule has 1 aromatic carbocycles. The summed E-state index contributed by atoms with van der Waals surface area (Å²) in [6.45, 7) is 3.86. The van der Waals surface area contributed by atoms with Crippen molar-refractivity contribution in [1.29, 1.82) is 0 Å². The Bertz CT molecular complexity index is 1020. The van der Waals surface area contributed by atoms with Crippen LogP contribution in [-0.4, -0.2) is 42.1 Å². The Balaban J connectivity index is 1.98. The van der Waals surface area contributed by atoms with Crippen molar-refractivity contribution in [3.05, 3.63) is 65.0 Å². The fraction of sp³-hybridized carbons (Fsp3) is 0.316. The largest absolute Gasteiger partial charge is 0.416 e. The quantitative estimate of drug-likeness (QED) is 0.572. The predicted molar refractivity (Wildman–Crippen MR) is 103 cm³/mol. The van der Waals surface area contributed by atoms with Gasteiger partial charge in [0, 0.05) is 29.5 Å². The van der Waals surface area contributed by atoms with Crippen LogP contribution in [0.25, 0.3) is 5.95 Å². The Kier molecular flexibility index (Phi) is 6.35. The van der Waals surface area contributed by atoms with Crippen LogP contribution in [0.15, 0.2) is 43.0 Å². The smallest absolute Gasteiger partial charge is 0.329 e. The Morgan fingerprint density at radius 2 is 1.90 bits per heavy atom. The second-order valence-electron chi connectivity index (χ2n) is 6.48. The van der Waals surface area contributed by atoms with Crippen LogP contribution in [-0.2, 0) is 6.18 Å². The molecule has 3 aromatic rings. The van der Waals surface area contributed by atoms with E-state index in [1.165, 1.54) is 34.4 Å². The summed E-state index contributed by atoms with van der Waals surface area (Å²) < 4.78 is 40.9. The second-order valence-corrected chi connectivity index (χ2v) is 6.92. The minimum Gasteiger partial charge on any atom is -0.329 e. The van der Waals surface area contributed by atoms with Gasteiger partial charge in [-0.1, -0.05) is 18.5 Å². The van der Waals surface area contributed by atoms with Crippen molar-refractivity contribution in [2.75, 3.05) is 6.54 Å². The normalized spacial score (nSPS) is 12.6. The van der Waals surface area contributed by atoms with E-state index in [1.807, 2.05) is 6.92 Å². The third-order valence-corrected chi connectivity index (χ3v) is 4.57. The van der Waals surface area contributed by atoms with Crippen LogP contribution < -0.4 is 0 Å². The van der Waals surface area contributed by atoms with Crippen molar-refractivity contribution >= 4 is 17.5 Å². The van der Waals surface area contributed by atoms with E-state index in [2.05, 4.69) is 20.1 Å². The molecule has 7 nitrogen and oxygen atoms in total. The average Bonchev–Trinajstić information content (AvgIpc) is 3.20. The third-order valence-electron chi connectivity index (χ3n) is 4.35. The number of aromatic nitrogens is 5. The molecular weight excluding hydrogens is 421 g/mol. The molecule has 158 valence electrons. The Morgan fingerprint density at radius 1 is 1.20 bits per heavy atom. The number of halogens is 4. The zero-order chi connectivity index (χ0) is 21.9. The number of amides is 1. The average molecular weight is 439 g/mol. The van der Waals surface area contributed by atoms with Gasteiger partial charge in [0.1, 0.15) is 6.33 Å². The standard InChI is InChI=1S/C19H18ClF3N6O/c1-3-7-28(17(30)13-8-14(19(21,22)23)10-15(20)9-13)12(2)16-26-11-27-29(16)18-24-5-4-6-25-18/h4-6,8-12H,3,7H2,1-2H3. The van der Waals surface area contributed by atoms with Gasteiger partial charge < -0.3 is 4.90 Å². The van der Waals surface area contributed by atoms with Gasteiger partial charge in [0.25, 0.3) is 11.9 Å². The van der Waals surface area contributed by atoms with E-state index in [0.29, 0.717) is 12.2 Å². The van der Waals surface area contributed by atoms with Crippen molar-refractivity contribution in [2.24, 2.45) is 0 Å². The summed E-state index contributed by atoms with van der Waals surface area (Å²) in [7, 11) is 0. The molecule has 1 unspecified atom stereocenters. The molecule has 0 spiro atoms. The third kappa shape index (κ3) is 4.59. The molecule has 1 amide bonds. The molecule has 2 aromatic heterocycles. The number of benzene rings is 1. The molecule has 3 rings (SSSR count). The molecular formula is C19H18ClF3N6O. The molecule has 0 aliphatic rings. The van der Waals surface area contributed by atoms with E-state index in [9.17, 15) is 18.0 Å². The van der Waals surface area contributed by atoms with Crippen molar-refractivity contribution in [3.63, 3.8) is 0 Å². The first-order valence-corrected chi connectivity index (χ1v) is 9.46.